The van der Waals surface area contributed by atoms with E-state index in [1.807, 2.05) is 30.6 Å². The summed E-state index contributed by atoms with van der Waals surface area (Å²) in [6, 6.07) is 9.04. The van der Waals surface area contributed by atoms with Crippen molar-refractivity contribution in [3.05, 3.63) is 82.5 Å². The lowest BCUT2D eigenvalue weighted by atomic mass is 10.1. The molecule has 0 unspecified atom stereocenters. The first-order valence-electron chi connectivity index (χ1n) is 17.2. The third-order valence-corrected chi connectivity index (χ3v) is 9.05. The normalized spacial score (nSPS) is 13.8. The molecule has 0 fully saturated rings. The smallest absolute Gasteiger partial charge is 0.276 e. The lowest BCUT2D eigenvalue weighted by Gasteiger charge is -2.25. The number of nitrogens with one attached hydrogen (secondary N) is 2. The number of hydrogen-bond donors (Lipinski definition) is 4. The van der Waals surface area contributed by atoms with Gasteiger partial charge in [0.25, 0.3) is 11.8 Å². The van der Waals surface area contributed by atoms with Crippen molar-refractivity contribution in [1.29, 1.82) is 0 Å². The summed E-state index contributed by atoms with van der Waals surface area (Å²) in [5, 5.41) is 14.6. The molecular weight excluding hydrogens is 696 g/mol. The van der Waals surface area contributed by atoms with Gasteiger partial charge in [-0.05, 0) is 64.1 Å². The number of aryl methyl sites for hydroxylation is 4. The second-order valence-corrected chi connectivity index (χ2v) is 12.7. The average molecular weight is 735 g/mol. The van der Waals surface area contributed by atoms with Crippen molar-refractivity contribution in [3.63, 3.8) is 0 Å². The van der Waals surface area contributed by atoms with E-state index in [0.29, 0.717) is 69.4 Å². The summed E-state index contributed by atoms with van der Waals surface area (Å²) in [4.78, 5) is 60.8. The number of primary amides is 2. The average Bonchev–Trinajstić information content (AvgIpc) is 3.91. The number of anilines is 2. The maximum absolute atomic E-state index is 13.6. The first-order valence-corrected chi connectivity index (χ1v) is 17.2. The van der Waals surface area contributed by atoms with Gasteiger partial charge in [-0.2, -0.15) is 10.2 Å². The molecule has 0 saturated carbocycles. The van der Waals surface area contributed by atoms with Crippen LogP contribution in [0.25, 0.3) is 22.1 Å². The molecule has 0 aliphatic carbocycles. The first kappa shape index (κ1) is 35.4. The fourth-order valence-corrected chi connectivity index (χ4v) is 6.64. The number of rotatable bonds is 12. The summed E-state index contributed by atoms with van der Waals surface area (Å²) >= 11 is 0. The molecule has 4 aromatic heterocycles. The number of nitrogens with two attached hydrogens (primary N) is 2. The molecule has 0 saturated heterocycles. The van der Waals surface area contributed by atoms with Crippen LogP contribution in [0, 0.1) is 13.8 Å². The van der Waals surface area contributed by atoms with Gasteiger partial charge in [-0.3, -0.25) is 43.7 Å². The summed E-state index contributed by atoms with van der Waals surface area (Å²) < 4.78 is 18.6. The largest absolute Gasteiger partial charge is 0.494 e. The van der Waals surface area contributed by atoms with Crippen molar-refractivity contribution < 1.29 is 28.7 Å². The molecule has 0 bridgehead atoms. The van der Waals surface area contributed by atoms with Crippen LogP contribution in [0.4, 0.5) is 11.9 Å². The molecule has 0 spiro atoms. The van der Waals surface area contributed by atoms with E-state index in [9.17, 15) is 19.2 Å². The van der Waals surface area contributed by atoms with Gasteiger partial charge < -0.3 is 25.5 Å². The lowest BCUT2D eigenvalue weighted by Crippen LogP contribution is -2.25. The third-order valence-electron chi connectivity index (χ3n) is 9.05. The molecule has 4 amide bonds. The van der Waals surface area contributed by atoms with Gasteiger partial charge in [0.05, 0.1) is 35.6 Å². The molecule has 0 radical (unpaired) electrons. The number of nitrogens with zero attached hydrogens (tertiary/aromatic N) is 8. The van der Waals surface area contributed by atoms with E-state index in [0.717, 1.165) is 0 Å². The van der Waals surface area contributed by atoms with Crippen molar-refractivity contribution in [3.8, 4) is 11.5 Å². The van der Waals surface area contributed by atoms with Gasteiger partial charge in [-0.15, -0.1) is 0 Å². The number of benzene rings is 2. The minimum Gasteiger partial charge on any atom is -0.494 e. The number of carbonyl (C=O) groups excluding carboxylic acids is 4. The van der Waals surface area contributed by atoms with Crippen LogP contribution in [-0.4, -0.2) is 76.0 Å². The Hall–Kier alpha value is -6.98. The maximum atomic E-state index is 13.6. The van der Waals surface area contributed by atoms with E-state index in [1.165, 1.54) is 19.2 Å². The number of allylic oxidation sites excluding steroid dienone is 1. The molecule has 1 aliphatic heterocycles. The molecule has 18 nitrogen and oxygen atoms in total. The van der Waals surface area contributed by atoms with Crippen LogP contribution in [0.5, 0.6) is 11.5 Å². The van der Waals surface area contributed by atoms with Gasteiger partial charge in [-0.1, -0.05) is 12.2 Å². The molecule has 2 aromatic carbocycles. The SMILES string of the molecule is CCn1nc(C)cc1C(=O)Nc1nc2cc(C(N)=O)cc(OC)c2n1CC=C[C@H]1COc2cc(C(N)=O)cc3nc(NC(=O)c4cc(C)nn4CC)n1c23. The van der Waals surface area contributed by atoms with Gasteiger partial charge in [0.1, 0.15) is 40.5 Å². The van der Waals surface area contributed by atoms with E-state index < -0.39 is 29.7 Å². The minimum atomic E-state index is -0.665. The number of fused-ring (bicyclic) bond motifs is 1. The summed E-state index contributed by atoms with van der Waals surface area (Å²) in [5.41, 5.74) is 15.5. The highest BCUT2D eigenvalue weighted by atomic mass is 16.5. The Bertz CT molecular complexity index is 2540. The van der Waals surface area contributed by atoms with Crippen LogP contribution in [0.1, 0.15) is 73.0 Å². The van der Waals surface area contributed by atoms with E-state index >= 15 is 0 Å². The Morgan fingerprint density at radius 3 is 1.96 bits per heavy atom. The van der Waals surface area contributed by atoms with Crippen LogP contribution in [0.15, 0.2) is 48.6 Å². The Kier molecular flexibility index (Phi) is 9.10. The third kappa shape index (κ3) is 6.26. The van der Waals surface area contributed by atoms with Crippen LogP contribution >= 0.6 is 0 Å². The zero-order chi connectivity index (χ0) is 38.4. The summed E-state index contributed by atoms with van der Waals surface area (Å²) in [5.74, 6) is -1.04. The molecule has 278 valence electrons. The molecule has 6 N–H and O–H groups in total. The highest BCUT2D eigenvalue weighted by molar-refractivity contribution is 6.05. The number of hydrogen-bond acceptors (Lipinski definition) is 10. The van der Waals surface area contributed by atoms with Gasteiger partial charge >= 0.3 is 0 Å². The Labute approximate surface area is 307 Å². The van der Waals surface area contributed by atoms with E-state index in [1.54, 1.807) is 52.0 Å². The predicted octanol–water partition coefficient (Wildman–Crippen LogP) is 3.34. The number of ether oxygens (including phenoxy) is 2. The Balaban J connectivity index is 1.28. The van der Waals surface area contributed by atoms with Crippen molar-refractivity contribution in [2.75, 3.05) is 24.4 Å². The van der Waals surface area contributed by atoms with Crippen LogP contribution in [0.2, 0.25) is 0 Å². The minimum absolute atomic E-state index is 0.117. The Morgan fingerprint density at radius 2 is 1.39 bits per heavy atom. The first-order chi connectivity index (χ1) is 25.9. The second kappa shape index (κ2) is 13.9. The fourth-order valence-electron chi connectivity index (χ4n) is 6.64. The topological polar surface area (TPSA) is 234 Å². The van der Waals surface area contributed by atoms with E-state index in [4.69, 9.17) is 25.9 Å². The number of imidazole rings is 2. The van der Waals surface area contributed by atoms with Crippen molar-refractivity contribution in [2.45, 2.75) is 53.4 Å². The van der Waals surface area contributed by atoms with Gasteiger partial charge in [-0.25, -0.2) is 9.97 Å². The summed E-state index contributed by atoms with van der Waals surface area (Å²) in [6.45, 7) is 8.63. The van der Waals surface area contributed by atoms with Gasteiger partial charge in [0, 0.05) is 30.8 Å². The molecule has 7 rings (SSSR count). The summed E-state index contributed by atoms with van der Waals surface area (Å²) in [7, 11) is 1.46. The molecule has 6 aromatic rings. The lowest BCUT2D eigenvalue weighted by molar-refractivity contribution is 0.0991. The van der Waals surface area contributed by atoms with Crippen molar-refractivity contribution >= 4 is 57.6 Å². The van der Waals surface area contributed by atoms with Crippen molar-refractivity contribution in [2.24, 2.45) is 11.5 Å². The molecule has 5 heterocycles. The number of amides is 4. The number of methoxy groups -OCH3 is 1. The molecule has 1 atom stereocenters. The zero-order valence-electron chi connectivity index (χ0n) is 30.2. The maximum Gasteiger partial charge on any atom is 0.276 e. The quantitative estimate of drug-likeness (QED) is 0.134. The summed E-state index contributed by atoms with van der Waals surface area (Å²) in [6.07, 6.45) is 3.72. The van der Waals surface area contributed by atoms with Gasteiger partial charge in [0.2, 0.25) is 23.7 Å². The van der Waals surface area contributed by atoms with Crippen LogP contribution in [0.3, 0.4) is 0 Å². The monoisotopic (exact) mass is 734 g/mol. The predicted molar refractivity (Wildman–Crippen MR) is 198 cm³/mol. The van der Waals surface area contributed by atoms with Crippen LogP contribution < -0.4 is 31.6 Å². The van der Waals surface area contributed by atoms with Crippen LogP contribution in [-0.2, 0) is 19.6 Å². The molecular formula is C36H38N12O6. The van der Waals surface area contributed by atoms with E-state index in [-0.39, 0.29) is 36.2 Å². The van der Waals surface area contributed by atoms with E-state index in [2.05, 4.69) is 25.8 Å². The zero-order valence-corrected chi connectivity index (χ0v) is 30.2. The number of aromatic nitrogens is 8. The highest BCUT2D eigenvalue weighted by Gasteiger charge is 2.29. The molecule has 1 aliphatic rings. The molecule has 54 heavy (non-hydrogen) atoms. The highest BCUT2D eigenvalue weighted by Crippen LogP contribution is 2.38. The van der Waals surface area contributed by atoms with Crippen molar-refractivity contribution in [1.82, 2.24) is 38.7 Å². The number of carbonyl (C=O) groups is 4. The fraction of sp³-hybridized carbons (Fsp3) is 0.278. The van der Waals surface area contributed by atoms with Gasteiger partial charge in [0.15, 0.2) is 0 Å². The molecule has 18 heteroatoms. The standard InChI is InChI=1S/C36H38N12O6/c1-6-46-25(11-18(3)43-46)33(51)41-35-39-23-13-20(31(37)49)15-27(53-5)29(23)45(35)10-8-9-22-17-54-28-16-21(32(38)50)14-24-30(28)48(22)36(40-24)42-34(52)26-12-19(4)44-47(26)7-2/h8-9,11-16,22H,6-7,10,17H2,1-5H3,(H2,37,49)(H2,38,50)(H,39,41,51)(H,40,42,52)/t22-/m0/s1. The second-order valence-electron chi connectivity index (χ2n) is 12.7. The Morgan fingerprint density at radius 1 is 0.833 bits per heavy atom.